The van der Waals surface area contributed by atoms with Gasteiger partial charge in [-0.1, -0.05) is 39.5 Å². The molecule has 8 heteroatoms. The first-order chi connectivity index (χ1) is 15.4. The molecule has 1 aromatic heterocycles. The van der Waals surface area contributed by atoms with Gasteiger partial charge < -0.3 is 19.5 Å². The molecular weight excluding hydrogens is 410 g/mol. The lowest BCUT2D eigenvalue weighted by atomic mass is 9.94. The molecule has 0 radical (unpaired) electrons. The van der Waals surface area contributed by atoms with Gasteiger partial charge in [-0.25, -0.2) is 4.79 Å². The molecule has 2 aliphatic rings. The number of ether oxygens (including phenoxy) is 1. The van der Waals surface area contributed by atoms with E-state index in [1.807, 2.05) is 18.4 Å². The van der Waals surface area contributed by atoms with Crippen LogP contribution in [0.5, 0.6) is 0 Å². The topological polar surface area (TPSA) is 97.7 Å². The van der Waals surface area contributed by atoms with Crippen molar-refractivity contribution >= 4 is 17.8 Å². The van der Waals surface area contributed by atoms with Crippen LogP contribution in [-0.4, -0.2) is 53.5 Å². The van der Waals surface area contributed by atoms with E-state index in [9.17, 15) is 19.2 Å². The van der Waals surface area contributed by atoms with Gasteiger partial charge in [-0.05, 0) is 31.6 Å². The molecule has 1 N–H and O–H groups in total. The van der Waals surface area contributed by atoms with Crippen LogP contribution in [0.25, 0.3) is 0 Å². The van der Waals surface area contributed by atoms with Crippen LogP contribution in [-0.2, 0) is 9.53 Å². The summed E-state index contributed by atoms with van der Waals surface area (Å²) < 4.78 is 6.72. The summed E-state index contributed by atoms with van der Waals surface area (Å²) in [4.78, 5) is 53.5. The molecule has 1 saturated carbocycles. The minimum absolute atomic E-state index is 0.0308. The highest BCUT2D eigenvalue weighted by Crippen LogP contribution is 2.28. The maximum atomic E-state index is 13.3. The SMILES string of the molecule is CC[C@H](C)[C@H](NC(=O)c1cn(C2CCCCC2)cc(C(=O)N2CCCC2)c1=O)C(=O)OC. The lowest BCUT2D eigenvalue weighted by Gasteiger charge is -2.27. The minimum atomic E-state index is -0.863. The fourth-order valence-electron chi connectivity index (χ4n) is 4.61. The van der Waals surface area contributed by atoms with Crippen LogP contribution in [0.15, 0.2) is 17.2 Å². The highest BCUT2D eigenvalue weighted by molar-refractivity contribution is 6.00. The zero-order valence-corrected chi connectivity index (χ0v) is 19.4. The van der Waals surface area contributed by atoms with Crippen LogP contribution < -0.4 is 10.7 Å². The number of esters is 1. The molecule has 0 bridgehead atoms. The van der Waals surface area contributed by atoms with Gasteiger partial charge in [0.25, 0.3) is 11.8 Å². The third-order valence-electron chi connectivity index (χ3n) is 6.86. The summed E-state index contributed by atoms with van der Waals surface area (Å²) in [6.07, 6.45) is 10.9. The Hall–Kier alpha value is -2.64. The molecule has 1 aliphatic heterocycles. The second-order valence-electron chi connectivity index (χ2n) is 9.01. The van der Waals surface area contributed by atoms with E-state index in [2.05, 4.69) is 5.32 Å². The molecule has 32 heavy (non-hydrogen) atoms. The molecule has 3 rings (SSSR count). The van der Waals surface area contributed by atoms with Gasteiger partial charge in [-0.2, -0.15) is 0 Å². The number of carbonyl (C=O) groups is 3. The van der Waals surface area contributed by atoms with Crippen molar-refractivity contribution in [1.82, 2.24) is 14.8 Å². The van der Waals surface area contributed by atoms with Gasteiger partial charge in [0.2, 0.25) is 5.43 Å². The van der Waals surface area contributed by atoms with Crippen molar-refractivity contribution < 1.29 is 19.1 Å². The molecule has 1 aliphatic carbocycles. The first-order valence-electron chi connectivity index (χ1n) is 11.8. The molecule has 1 saturated heterocycles. The smallest absolute Gasteiger partial charge is 0.328 e. The summed E-state index contributed by atoms with van der Waals surface area (Å²) in [7, 11) is 1.27. The van der Waals surface area contributed by atoms with E-state index >= 15 is 0 Å². The maximum absolute atomic E-state index is 13.3. The van der Waals surface area contributed by atoms with E-state index in [1.165, 1.54) is 13.5 Å². The van der Waals surface area contributed by atoms with Crippen molar-refractivity contribution in [2.24, 2.45) is 5.92 Å². The van der Waals surface area contributed by atoms with Gasteiger partial charge in [0.05, 0.1) is 7.11 Å². The number of rotatable bonds is 7. The van der Waals surface area contributed by atoms with Crippen LogP contribution in [0.1, 0.15) is 92.0 Å². The Labute approximate surface area is 189 Å². The quantitative estimate of drug-likeness (QED) is 0.651. The van der Waals surface area contributed by atoms with Gasteiger partial charge in [-0.3, -0.25) is 14.4 Å². The number of likely N-dealkylation sites (tertiary alicyclic amines) is 1. The molecule has 0 spiro atoms. The summed E-state index contributed by atoms with van der Waals surface area (Å²) in [5.41, 5.74) is -0.652. The summed E-state index contributed by atoms with van der Waals surface area (Å²) in [6, 6.07) is -0.718. The number of hydrogen-bond acceptors (Lipinski definition) is 5. The lowest BCUT2D eigenvalue weighted by molar-refractivity contribution is -0.144. The summed E-state index contributed by atoms with van der Waals surface area (Å²) >= 11 is 0. The number of methoxy groups -OCH3 is 1. The summed E-state index contributed by atoms with van der Waals surface area (Å²) in [6.45, 7) is 5.00. The molecule has 1 aromatic rings. The number of amides is 2. The first kappa shape index (κ1) is 24.0. The molecule has 0 aromatic carbocycles. The van der Waals surface area contributed by atoms with Crippen LogP contribution in [0, 0.1) is 5.92 Å². The van der Waals surface area contributed by atoms with Crippen molar-refractivity contribution in [3.8, 4) is 0 Å². The highest BCUT2D eigenvalue weighted by Gasteiger charge is 2.31. The van der Waals surface area contributed by atoms with E-state index < -0.39 is 23.3 Å². The third kappa shape index (κ3) is 5.22. The zero-order valence-electron chi connectivity index (χ0n) is 19.4. The second kappa shape index (κ2) is 10.8. The van der Waals surface area contributed by atoms with E-state index in [0.29, 0.717) is 19.5 Å². The van der Waals surface area contributed by atoms with Gasteiger partial charge in [-0.15, -0.1) is 0 Å². The number of nitrogens with one attached hydrogen (secondary N) is 1. The molecule has 8 nitrogen and oxygen atoms in total. The molecule has 2 amide bonds. The van der Waals surface area contributed by atoms with Gasteiger partial charge in [0.1, 0.15) is 17.2 Å². The van der Waals surface area contributed by atoms with Crippen LogP contribution >= 0.6 is 0 Å². The molecule has 2 fully saturated rings. The Morgan fingerprint density at radius 2 is 1.69 bits per heavy atom. The number of pyridine rings is 1. The average molecular weight is 446 g/mol. The predicted molar refractivity (Wildman–Crippen MR) is 121 cm³/mol. The fraction of sp³-hybridized carbons (Fsp3) is 0.667. The second-order valence-corrected chi connectivity index (χ2v) is 9.01. The average Bonchev–Trinajstić information content (AvgIpc) is 3.36. The fourth-order valence-corrected chi connectivity index (χ4v) is 4.61. The van der Waals surface area contributed by atoms with Gasteiger partial charge >= 0.3 is 5.97 Å². The van der Waals surface area contributed by atoms with Crippen molar-refractivity contribution in [2.75, 3.05) is 20.2 Å². The Morgan fingerprint density at radius 1 is 1.06 bits per heavy atom. The monoisotopic (exact) mass is 445 g/mol. The van der Waals surface area contributed by atoms with E-state index in [4.69, 9.17) is 4.74 Å². The van der Waals surface area contributed by atoms with Crippen LogP contribution in [0.4, 0.5) is 0 Å². The van der Waals surface area contributed by atoms with E-state index in [-0.39, 0.29) is 29.0 Å². The number of hydrogen-bond donors (Lipinski definition) is 1. The maximum Gasteiger partial charge on any atom is 0.328 e. The Morgan fingerprint density at radius 3 is 2.28 bits per heavy atom. The highest BCUT2D eigenvalue weighted by atomic mass is 16.5. The lowest BCUT2D eigenvalue weighted by Crippen LogP contribution is -2.47. The van der Waals surface area contributed by atoms with Crippen molar-refractivity contribution in [3.05, 3.63) is 33.7 Å². The van der Waals surface area contributed by atoms with Gasteiger partial charge in [0, 0.05) is 31.5 Å². The Balaban J connectivity index is 1.99. The van der Waals surface area contributed by atoms with E-state index in [1.54, 1.807) is 17.3 Å². The van der Waals surface area contributed by atoms with Crippen LogP contribution in [0.3, 0.4) is 0 Å². The van der Waals surface area contributed by atoms with Crippen molar-refractivity contribution in [2.45, 2.75) is 77.3 Å². The Kier molecular flexibility index (Phi) is 8.10. The summed E-state index contributed by atoms with van der Waals surface area (Å²) in [5, 5.41) is 2.69. The minimum Gasteiger partial charge on any atom is -0.467 e. The zero-order chi connectivity index (χ0) is 23.3. The molecule has 0 unspecified atom stereocenters. The Bertz CT molecular complexity index is 897. The molecular formula is C24H35N3O5. The van der Waals surface area contributed by atoms with Crippen molar-refractivity contribution in [1.29, 1.82) is 0 Å². The van der Waals surface area contributed by atoms with Crippen molar-refractivity contribution in [3.63, 3.8) is 0 Å². The van der Waals surface area contributed by atoms with Gasteiger partial charge in [0.15, 0.2) is 0 Å². The summed E-state index contributed by atoms with van der Waals surface area (Å²) in [5.74, 6) is -1.68. The molecule has 2 heterocycles. The van der Waals surface area contributed by atoms with E-state index in [0.717, 1.165) is 38.5 Å². The number of carbonyl (C=O) groups excluding carboxylic acids is 3. The number of aromatic nitrogens is 1. The molecule has 176 valence electrons. The normalized spacial score (nSPS) is 18.8. The molecule has 2 atom stereocenters. The van der Waals surface area contributed by atoms with Crippen LogP contribution in [0.2, 0.25) is 0 Å². The standard InChI is InChI=1S/C24H35N3O5/c1-4-16(2)20(24(31)32-3)25-22(29)18-14-27(17-10-6-5-7-11-17)15-19(21(18)28)23(30)26-12-8-9-13-26/h14-17,20H,4-13H2,1-3H3,(H,25,29)/t16-,20-/m0/s1. The third-order valence-corrected chi connectivity index (χ3v) is 6.86. The predicted octanol–water partition coefficient (Wildman–Crippen LogP) is 2.91. The largest absolute Gasteiger partial charge is 0.467 e. The number of nitrogens with zero attached hydrogens (tertiary/aromatic N) is 2. The first-order valence-corrected chi connectivity index (χ1v) is 11.8.